The third-order valence-corrected chi connectivity index (χ3v) is 4.69. The number of aryl methyl sites for hydroxylation is 1. The lowest BCUT2D eigenvalue weighted by atomic mass is 9.94. The molecule has 19 heavy (non-hydrogen) atoms. The molecule has 0 radical (unpaired) electrons. The summed E-state index contributed by atoms with van der Waals surface area (Å²) < 4.78 is 2.23. The molecule has 1 fully saturated rings. The molecular formula is C15H20N4. The maximum atomic E-state index is 4.78. The molecule has 4 heteroatoms. The van der Waals surface area contributed by atoms with E-state index in [2.05, 4.69) is 27.1 Å². The van der Waals surface area contributed by atoms with Crippen molar-refractivity contribution in [2.75, 3.05) is 11.9 Å². The van der Waals surface area contributed by atoms with Gasteiger partial charge >= 0.3 is 0 Å². The fourth-order valence-corrected chi connectivity index (χ4v) is 3.73. The van der Waals surface area contributed by atoms with Crippen molar-refractivity contribution in [2.24, 2.45) is 5.92 Å². The second-order valence-corrected chi connectivity index (χ2v) is 5.94. The van der Waals surface area contributed by atoms with E-state index in [4.69, 9.17) is 5.10 Å². The van der Waals surface area contributed by atoms with Gasteiger partial charge in [0.25, 0.3) is 0 Å². The van der Waals surface area contributed by atoms with E-state index in [0.29, 0.717) is 6.04 Å². The topological polar surface area (TPSA) is 42.7 Å². The van der Waals surface area contributed by atoms with Gasteiger partial charge in [0.15, 0.2) is 5.65 Å². The normalized spacial score (nSPS) is 23.5. The van der Waals surface area contributed by atoms with Crippen LogP contribution in [0.5, 0.6) is 0 Å². The third-order valence-electron chi connectivity index (χ3n) is 4.69. The fraction of sp³-hybridized carbons (Fsp3) is 0.600. The lowest BCUT2D eigenvalue weighted by Crippen LogP contribution is -2.28. The first-order valence-electron chi connectivity index (χ1n) is 7.42. The highest BCUT2D eigenvalue weighted by Crippen LogP contribution is 2.40. The van der Waals surface area contributed by atoms with Gasteiger partial charge < -0.3 is 5.32 Å². The Morgan fingerprint density at radius 3 is 2.89 bits per heavy atom. The van der Waals surface area contributed by atoms with E-state index < -0.39 is 0 Å². The molecule has 0 amide bonds. The van der Waals surface area contributed by atoms with Crippen molar-refractivity contribution in [1.82, 2.24) is 14.8 Å². The summed E-state index contributed by atoms with van der Waals surface area (Å²) in [5.74, 6) is 2.00. The van der Waals surface area contributed by atoms with Crippen LogP contribution in [0.4, 0.5) is 5.82 Å². The first-order chi connectivity index (χ1) is 9.33. The van der Waals surface area contributed by atoms with Gasteiger partial charge in [-0.05, 0) is 44.2 Å². The molecule has 1 aliphatic heterocycles. The zero-order valence-electron chi connectivity index (χ0n) is 11.4. The highest BCUT2D eigenvalue weighted by Gasteiger charge is 2.31. The van der Waals surface area contributed by atoms with Gasteiger partial charge in [0, 0.05) is 12.2 Å². The molecule has 1 aliphatic carbocycles. The molecule has 4 rings (SSSR count). The summed E-state index contributed by atoms with van der Waals surface area (Å²) in [4.78, 5) is 4.57. The molecule has 0 spiro atoms. The second-order valence-electron chi connectivity index (χ2n) is 5.94. The predicted molar refractivity (Wildman–Crippen MR) is 76.4 cm³/mol. The van der Waals surface area contributed by atoms with E-state index in [-0.39, 0.29) is 0 Å². The number of fused-ring (bicyclic) bond motifs is 3. The predicted octanol–water partition coefficient (Wildman–Crippen LogP) is 3.29. The zero-order chi connectivity index (χ0) is 12.8. The Bertz CT molecular complexity index is 610. The molecule has 3 heterocycles. The molecule has 2 aliphatic rings. The van der Waals surface area contributed by atoms with Crippen LogP contribution < -0.4 is 5.32 Å². The average Bonchev–Trinajstić information content (AvgIpc) is 3.04. The van der Waals surface area contributed by atoms with Crippen LogP contribution in [0.3, 0.4) is 0 Å². The molecule has 2 aromatic heterocycles. The fourth-order valence-electron chi connectivity index (χ4n) is 3.73. The van der Waals surface area contributed by atoms with Gasteiger partial charge in [-0.2, -0.15) is 5.10 Å². The molecule has 2 aromatic rings. The minimum Gasteiger partial charge on any atom is -0.370 e. The molecule has 1 atom stereocenters. The molecule has 100 valence electrons. The van der Waals surface area contributed by atoms with Crippen molar-refractivity contribution in [1.29, 1.82) is 0 Å². The third kappa shape index (κ3) is 1.73. The van der Waals surface area contributed by atoms with Crippen LogP contribution in [0.15, 0.2) is 12.1 Å². The van der Waals surface area contributed by atoms with Crippen LogP contribution in [-0.4, -0.2) is 21.3 Å². The van der Waals surface area contributed by atoms with Gasteiger partial charge in [-0.1, -0.05) is 12.8 Å². The molecule has 4 nitrogen and oxygen atoms in total. The van der Waals surface area contributed by atoms with Crippen LogP contribution in [-0.2, 0) is 0 Å². The molecule has 0 saturated heterocycles. The minimum absolute atomic E-state index is 0.577. The van der Waals surface area contributed by atoms with Crippen molar-refractivity contribution in [3.05, 3.63) is 17.8 Å². The minimum atomic E-state index is 0.577. The number of pyridine rings is 1. The summed E-state index contributed by atoms with van der Waals surface area (Å²) in [7, 11) is 0. The second kappa shape index (κ2) is 4.22. The van der Waals surface area contributed by atoms with E-state index in [9.17, 15) is 0 Å². The number of aromatic nitrogens is 3. The highest BCUT2D eigenvalue weighted by molar-refractivity contribution is 5.87. The summed E-state index contributed by atoms with van der Waals surface area (Å²) in [5, 5.41) is 9.48. The summed E-state index contributed by atoms with van der Waals surface area (Å²) in [6, 6.07) is 4.81. The van der Waals surface area contributed by atoms with Crippen LogP contribution in [0.2, 0.25) is 0 Å². The maximum Gasteiger partial charge on any atom is 0.183 e. The van der Waals surface area contributed by atoms with Crippen LogP contribution >= 0.6 is 0 Å². The van der Waals surface area contributed by atoms with Gasteiger partial charge in [0.05, 0.1) is 11.4 Å². The van der Waals surface area contributed by atoms with Crippen molar-refractivity contribution < 1.29 is 0 Å². The summed E-state index contributed by atoms with van der Waals surface area (Å²) in [6.45, 7) is 3.09. The van der Waals surface area contributed by atoms with Crippen LogP contribution in [0.1, 0.15) is 43.8 Å². The Morgan fingerprint density at radius 2 is 2.05 bits per heavy atom. The number of hydrogen-bond donors (Lipinski definition) is 1. The van der Waals surface area contributed by atoms with Gasteiger partial charge in [0.1, 0.15) is 5.82 Å². The lowest BCUT2D eigenvalue weighted by Gasteiger charge is -2.30. The summed E-state index contributed by atoms with van der Waals surface area (Å²) >= 11 is 0. The first-order valence-corrected chi connectivity index (χ1v) is 7.42. The Labute approximate surface area is 113 Å². The summed E-state index contributed by atoms with van der Waals surface area (Å²) in [6.07, 6.45) is 6.72. The van der Waals surface area contributed by atoms with Gasteiger partial charge in [-0.3, -0.25) is 0 Å². The van der Waals surface area contributed by atoms with Crippen LogP contribution in [0, 0.1) is 12.8 Å². The monoisotopic (exact) mass is 256 g/mol. The quantitative estimate of drug-likeness (QED) is 0.851. The van der Waals surface area contributed by atoms with E-state index >= 15 is 0 Å². The van der Waals surface area contributed by atoms with Gasteiger partial charge in [-0.25, -0.2) is 9.67 Å². The van der Waals surface area contributed by atoms with E-state index in [1.165, 1.54) is 43.3 Å². The van der Waals surface area contributed by atoms with Crippen molar-refractivity contribution >= 4 is 16.9 Å². The van der Waals surface area contributed by atoms with Crippen molar-refractivity contribution in [2.45, 2.75) is 45.1 Å². The zero-order valence-corrected chi connectivity index (χ0v) is 11.4. The number of anilines is 1. The number of nitrogens with one attached hydrogen (secondary N) is 1. The molecule has 1 unspecified atom stereocenters. The van der Waals surface area contributed by atoms with Gasteiger partial charge in [-0.15, -0.1) is 0 Å². The molecular weight excluding hydrogens is 236 g/mol. The number of rotatable bonds is 1. The standard InChI is InChI=1S/C15H20N4/c1-10-6-7-12-14(17-10)18-19-13(8-9-16-15(12)19)11-4-2-3-5-11/h6-7,11,13,16H,2-5,8-9H2,1H3. The Balaban J connectivity index is 1.83. The highest BCUT2D eigenvalue weighted by atomic mass is 15.4. The Kier molecular flexibility index (Phi) is 2.50. The lowest BCUT2D eigenvalue weighted by molar-refractivity contribution is 0.291. The van der Waals surface area contributed by atoms with E-state index in [1.54, 1.807) is 0 Å². The smallest absolute Gasteiger partial charge is 0.183 e. The van der Waals surface area contributed by atoms with E-state index in [1.807, 2.05) is 6.92 Å². The Morgan fingerprint density at radius 1 is 1.21 bits per heavy atom. The number of nitrogens with zero attached hydrogens (tertiary/aromatic N) is 3. The largest absolute Gasteiger partial charge is 0.370 e. The SMILES string of the molecule is Cc1ccc2c3n(nc2n1)C(C1CCCC1)CCN3. The Hall–Kier alpha value is -1.58. The van der Waals surface area contributed by atoms with Gasteiger partial charge in [0.2, 0.25) is 0 Å². The van der Waals surface area contributed by atoms with Crippen molar-refractivity contribution in [3.63, 3.8) is 0 Å². The average molecular weight is 256 g/mol. The molecule has 0 bridgehead atoms. The maximum absolute atomic E-state index is 4.78. The number of hydrogen-bond acceptors (Lipinski definition) is 3. The van der Waals surface area contributed by atoms with E-state index in [0.717, 1.165) is 23.8 Å². The molecule has 0 aromatic carbocycles. The molecule has 1 N–H and O–H groups in total. The summed E-state index contributed by atoms with van der Waals surface area (Å²) in [5.41, 5.74) is 1.94. The van der Waals surface area contributed by atoms with Crippen LogP contribution in [0.25, 0.3) is 11.0 Å². The first kappa shape index (κ1) is 11.3. The molecule has 1 saturated carbocycles. The van der Waals surface area contributed by atoms with Crippen molar-refractivity contribution in [3.8, 4) is 0 Å².